The van der Waals surface area contributed by atoms with Crippen LogP contribution in [0.1, 0.15) is 49.3 Å². The third-order valence-electron chi connectivity index (χ3n) is 10.0. The summed E-state index contributed by atoms with van der Waals surface area (Å²) in [5.41, 5.74) is -2.68. The van der Waals surface area contributed by atoms with Crippen LogP contribution in [0, 0.1) is 6.92 Å². The van der Waals surface area contributed by atoms with Gasteiger partial charge in [0, 0.05) is 23.5 Å². The minimum atomic E-state index is -4.85. The van der Waals surface area contributed by atoms with Crippen molar-refractivity contribution in [2.75, 3.05) is 10.6 Å². The van der Waals surface area contributed by atoms with Gasteiger partial charge in [-0.2, -0.15) is 13.2 Å². The molecular formula is C43H26Cl5F3N10O6. The van der Waals surface area contributed by atoms with Crippen molar-refractivity contribution in [3.8, 4) is 11.5 Å². The fourth-order valence-corrected chi connectivity index (χ4v) is 7.99. The number of halogens is 8. The third-order valence-corrected chi connectivity index (χ3v) is 11.4. The molecule has 0 aliphatic carbocycles. The number of rotatable bonds is 11. The second-order valence-electron chi connectivity index (χ2n) is 14.3. The minimum Gasteiger partial charge on any atom is -0.504 e. The molecule has 8 rings (SSSR count). The zero-order valence-corrected chi connectivity index (χ0v) is 37.6. The number of anilines is 2. The highest BCUT2D eigenvalue weighted by atomic mass is 35.5. The van der Waals surface area contributed by atoms with Gasteiger partial charge in [-0.1, -0.05) is 76.2 Å². The van der Waals surface area contributed by atoms with Crippen LogP contribution in [0.3, 0.4) is 0 Å². The Balaban J connectivity index is 1.10. The molecule has 0 unspecified atom stereocenters. The van der Waals surface area contributed by atoms with Gasteiger partial charge in [-0.3, -0.25) is 38.3 Å². The molecule has 3 N–H and O–H groups in total. The molecule has 24 heteroatoms. The number of nitrogens with zero attached hydrogens (tertiary/aromatic N) is 8. The summed E-state index contributed by atoms with van der Waals surface area (Å²) in [5, 5.41) is 14.0. The summed E-state index contributed by atoms with van der Waals surface area (Å²) in [7, 11) is 0. The van der Waals surface area contributed by atoms with Crippen molar-refractivity contribution in [3.63, 3.8) is 0 Å². The van der Waals surface area contributed by atoms with Crippen molar-refractivity contribution in [1.82, 2.24) is 39.0 Å². The van der Waals surface area contributed by atoms with E-state index >= 15 is 0 Å². The van der Waals surface area contributed by atoms with Gasteiger partial charge in [-0.05, 0) is 55.5 Å². The Labute approximate surface area is 398 Å². The van der Waals surface area contributed by atoms with E-state index in [1.54, 1.807) is 24.3 Å². The number of carbonyl (C=O) groups is 2. The molecule has 0 bridgehead atoms. The van der Waals surface area contributed by atoms with E-state index in [9.17, 15) is 37.5 Å². The van der Waals surface area contributed by atoms with E-state index in [-0.39, 0.29) is 83.5 Å². The predicted octanol–water partition coefficient (Wildman–Crippen LogP) is 9.17. The number of aromatic hydroxyl groups is 1. The summed E-state index contributed by atoms with van der Waals surface area (Å²) >= 11 is 31.4. The van der Waals surface area contributed by atoms with Crippen LogP contribution in [0.25, 0.3) is 21.8 Å². The Kier molecular flexibility index (Phi) is 13.1. The Morgan fingerprint density at radius 2 is 1.40 bits per heavy atom. The summed E-state index contributed by atoms with van der Waals surface area (Å²) in [6.07, 6.45) is -1.00. The van der Waals surface area contributed by atoms with Crippen LogP contribution in [0.4, 0.5) is 24.5 Å². The molecular weight excluding hydrogens is 987 g/mol. The molecule has 0 radical (unpaired) electrons. The number of fused-ring (bicyclic) bond motifs is 2. The Hall–Kier alpha value is -6.90. The summed E-state index contributed by atoms with van der Waals surface area (Å²) in [6, 6.07) is 15.4. The monoisotopic (exact) mass is 1010 g/mol. The third kappa shape index (κ3) is 9.54. The number of aromatic nitrogens is 8. The van der Waals surface area contributed by atoms with Gasteiger partial charge in [0.2, 0.25) is 0 Å². The molecule has 6 heterocycles. The number of alkyl halides is 3. The molecule has 8 aromatic rings. The van der Waals surface area contributed by atoms with Crippen molar-refractivity contribution in [2.45, 2.75) is 32.8 Å². The van der Waals surface area contributed by atoms with E-state index in [1.165, 1.54) is 60.4 Å². The van der Waals surface area contributed by atoms with Crippen molar-refractivity contribution in [2.24, 2.45) is 0 Å². The Morgan fingerprint density at radius 1 is 0.731 bits per heavy atom. The first kappa shape index (κ1) is 46.6. The first-order valence-corrected chi connectivity index (χ1v) is 21.1. The maximum absolute atomic E-state index is 14.4. The molecule has 67 heavy (non-hydrogen) atoms. The summed E-state index contributed by atoms with van der Waals surface area (Å²) in [5.74, 6) is -2.52. The maximum Gasteiger partial charge on any atom is 0.433 e. The van der Waals surface area contributed by atoms with Crippen molar-refractivity contribution >= 4 is 103 Å². The number of amides is 2. The number of hydrogen-bond acceptors (Lipinski definition) is 12. The highest BCUT2D eigenvalue weighted by Gasteiger charge is 2.35. The van der Waals surface area contributed by atoms with Crippen LogP contribution < -0.4 is 26.5 Å². The highest BCUT2D eigenvalue weighted by Crippen LogP contribution is 2.36. The number of ether oxygens (including phenoxy) is 1. The lowest BCUT2D eigenvalue weighted by Gasteiger charge is -2.18. The molecule has 16 nitrogen and oxygen atoms in total. The van der Waals surface area contributed by atoms with Crippen molar-refractivity contribution in [1.29, 1.82) is 0 Å². The average molecular weight is 1010 g/mol. The molecule has 2 aromatic carbocycles. The summed E-state index contributed by atoms with van der Waals surface area (Å²) in [6.45, 7) is 0.389. The number of pyridine rings is 4. The molecule has 6 aromatic heterocycles. The Morgan fingerprint density at radius 3 is 2.09 bits per heavy atom. The van der Waals surface area contributed by atoms with E-state index in [2.05, 4.69) is 40.5 Å². The van der Waals surface area contributed by atoms with E-state index in [1.807, 2.05) is 0 Å². The van der Waals surface area contributed by atoms with Gasteiger partial charge in [0.25, 0.3) is 22.9 Å². The van der Waals surface area contributed by atoms with Crippen LogP contribution in [0.5, 0.6) is 11.5 Å². The number of nitrogens with one attached hydrogen (secondary N) is 2. The van der Waals surface area contributed by atoms with Gasteiger partial charge >= 0.3 is 6.18 Å². The molecule has 0 atom stereocenters. The Bertz CT molecular complexity index is 3420. The normalized spacial score (nSPS) is 11.5. The topological polar surface area (TPSA) is 209 Å². The van der Waals surface area contributed by atoms with Crippen molar-refractivity contribution < 1.29 is 32.6 Å². The second kappa shape index (κ2) is 18.8. The maximum atomic E-state index is 14.4. The molecule has 0 aliphatic heterocycles. The number of benzene rings is 2. The van der Waals surface area contributed by atoms with Crippen LogP contribution in [-0.4, -0.2) is 56.0 Å². The van der Waals surface area contributed by atoms with Crippen LogP contribution in [0.2, 0.25) is 25.4 Å². The van der Waals surface area contributed by atoms with Gasteiger partial charge in [-0.25, -0.2) is 19.9 Å². The van der Waals surface area contributed by atoms with Gasteiger partial charge in [-0.15, -0.1) is 0 Å². The van der Waals surface area contributed by atoms with Crippen LogP contribution >= 0.6 is 58.0 Å². The lowest BCUT2D eigenvalue weighted by molar-refractivity contribution is -0.141. The van der Waals surface area contributed by atoms with Crippen LogP contribution in [-0.2, 0) is 25.9 Å². The summed E-state index contributed by atoms with van der Waals surface area (Å²) in [4.78, 5) is 79.7. The largest absolute Gasteiger partial charge is 0.504 e. The minimum absolute atomic E-state index is 0.00462. The second-order valence-corrected chi connectivity index (χ2v) is 16.2. The van der Waals surface area contributed by atoms with Gasteiger partial charge in [0.05, 0.1) is 73.4 Å². The molecule has 0 fully saturated rings. The predicted molar refractivity (Wildman–Crippen MR) is 244 cm³/mol. The van der Waals surface area contributed by atoms with Crippen molar-refractivity contribution in [3.05, 3.63) is 171 Å². The van der Waals surface area contributed by atoms with E-state index < -0.39 is 58.9 Å². The summed E-state index contributed by atoms with van der Waals surface area (Å²) < 4.78 is 50.1. The smallest absolute Gasteiger partial charge is 0.433 e. The number of aryl methyl sites for hydroxylation is 1. The number of hydrogen-bond donors (Lipinski definition) is 3. The fourth-order valence-electron chi connectivity index (χ4n) is 6.83. The zero-order valence-electron chi connectivity index (χ0n) is 33.8. The SMILES string of the molecule is Cc1nc2c(COc3c(Cl)cc(C(=O)Nc4cccc5ncn(Cc6ncccc6Cl)c(=O)c45)nc3Cl)ccc(NC(=O)c3cc(Cl)c(O)c(Cl)n3)c2c(=O)n1Cc1cccnc1C(F)(F)F. The highest BCUT2D eigenvalue weighted by molar-refractivity contribution is 6.37. The van der Waals surface area contributed by atoms with Gasteiger partial charge in [0.1, 0.15) is 29.5 Å². The molecule has 2 amide bonds. The first-order chi connectivity index (χ1) is 31.9. The fraction of sp³-hybridized carbons (Fsp3) is 0.116. The lowest BCUT2D eigenvalue weighted by Crippen LogP contribution is -2.27. The number of carbonyl (C=O) groups excluding carboxylic acids is 2. The molecule has 0 saturated heterocycles. The standard InChI is InChI=1S/C43H26Cl5F3N10O6/c1-19-55-33-21(9-10-27(59-39(63)28-13-23(45)34(62)37(47)56-28)32(33)42(66)61(19)15-20-5-3-12-53-36(20)43(49,50)51)17-67-35-24(46)14-29(57-38(35)48)40(64)58-26-8-2-7-25-31(26)41(65)60(18-54-25)16-30-22(44)6-4-11-52-30/h2-14,18,62H,15-17H2,1H3,(H,58,64)(H,59,63). The van der Waals surface area contributed by atoms with Gasteiger partial charge < -0.3 is 20.5 Å². The quantitative estimate of drug-likeness (QED) is 0.104. The van der Waals surface area contributed by atoms with E-state index in [4.69, 9.17) is 62.7 Å². The van der Waals surface area contributed by atoms with Gasteiger partial charge in [0.15, 0.2) is 21.8 Å². The average Bonchev–Trinajstić information content (AvgIpc) is 3.28. The zero-order chi connectivity index (χ0) is 47.9. The molecule has 0 spiro atoms. The lowest BCUT2D eigenvalue weighted by atomic mass is 10.1. The van der Waals surface area contributed by atoms with E-state index in [0.29, 0.717) is 16.2 Å². The molecule has 340 valence electrons. The van der Waals surface area contributed by atoms with Crippen LogP contribution in [0.15, 0.2) is 95.0 Å². The molecule has 0 saturated carbocycles. The molecule has 0 aliphatic rings. The first-order valence-electron chi connectivity index (χ1n) is 19.2. The van der Waals surface area contributed by atoms with E-state index in [0.717, 1.165) is 16.8 Å².